The van der Waals surface area contributed by atoms with Gasteiger partial charge in [-0.05, 0) is 0 Å². The van der Waals surface area contributed by atoms with Crippen molar-refractivity contribution in [1.29, 1.82) is 0 Å². The normalized spacial score (nSPS) is 16.4. The van der Waals surface area contributed by atoms with E-state index in [1.165, 1.54) is 0 Å². The molecular weight excluding hydrogens is 196 g/mol. The van der Waals surface area contributed by atoms with Crippen molar-refractivity contribution in [1.82, 2.24) is 5.06 Å². The van der Waals surface area contributed by atoms with Gasteiger partial charge in [-0.15, -0.1) is 0 Å². The number of amides is 2. The summed E-state index contributed by atoms with van der Waals surface area (Å²) in [4.78, 5) is 21.8. The summed E-state index contributed by atoms with van der Waals surface area (Å²) in [5.74, 6) is -1.24. The second-order valence-electron chi connectivity index (χ2n) is 2.46. The first-order valence-electron chi connectivity index (χ1n) is 3.73. The highest BCUT2D eigenvalue weighted by Crippen LogP contribution is 2.12. The lowest BCUT2D eigenvalue weighted by Crippen LogP contribution is -2.41. The molecule has 1 aliphatic rings. The fourth-order valence-corrected chi connectivity index (χ4v) is 0.893. The summed E-state index contributed by atoms with van der Waals surface area (Å²) < 4.78 is 8.20. The molecule has 1 fully saturated rings. The van der Waals surface area contributed by atoms with Crippen molar-refractivity contribution >= 4 is 26.5 Å². The van der Waals surface area contributed by atoms with E-state index in [0.29, 0.717) is 5.06 Å². The van der Waals surface area contributed by atoms with E-state index in [1.54, 1.807) is 0 Å². The molecule has 0 aromatic rings. The molecule has 76 valence electrons. The van der Waals surface area contributed by atoms with E-state index in [1.807, 2.05) is 0 Å². The van der Waals surface area contributed by atoms with E-state index in [4.69, 9.17) is 15.1 Å². The second kappa shape index (κ2) is 4.53. The van der Waals surface area contributed by atoms with Crippen molar-refractivity contribution < 1.29 is 34.0 Å². The quantitative estimate of drug-likeness (QED) is 0.329. The number of hydrogen-bond donors (Lipinski definition) is 3. The van der Waals surface area contributed by atoms with Gasteiger partial charge in [-0.3, -0.25) is 14.3 Å². The van der Waals surface area contributed by atoms with Crippen LogP contribution in [0.15, 0.2) is 0 Å². The Balaban J connectivity index is 2.42. The molecular formula is C4H7B2NO7. The zero-order valence-corrected chi connectivity index (χ0v) is 6.99. The van der Waals surface area contributed by atoms with Gasteiger partial charge in [0.1, 0.15) is 0 Å². The number of nitrogens with zero attached hydrogens (tertiary/aromatic N) is 1. The van der Waals surface area contributed by atoms with Gasteiger partial charge in [-0.1, -0.05) is 0 Å². The Kier molecular flexibility index (Phi) is 3.61. The minimum atomic E-state index is -2.25. The molecule has 2 amide bonds. The summed E-state index contributed by atoms with van der Waals surface area (Å²) in [7, 11) is -4.33. The molecule has 0 radical (unpaired) electrons. The topological polar surface area (TPSA) is 117 Å². The summed E-state index contributed by atoms with van der Waals surface area (Å²) >= 11 is 0. The first kappa shape index (κ1) is 11.1. The lowest BCUT2D eigenvalue weighted by molar-refractivity contribution is -0.170. The Morgan fingerprint density at radius 1 is 1.14 bits per heavy atom. The predicted octanol–water partition coefficient (Wildman–Crippen LogP) is -2.97. The minimum absolute atomic E-state index is 0.00671. The van der Waals surface area contributed by atoms with Crippen LogP contribution in [0.1, 0.15) is 12.8 Å². The molecule has 1 rings (SSSR count). The van der Waals surface area contributed by atoms with Crippen LogP contribution in [0.25, 0.3) is 0 Å². The van der Waals surface area contributed by atoms with E-state index in [9.17, 15) is 9.59 Å². The van der Waals surface area contributed by atoms with E-state index < -0.39 is 26.5 Å². The molecule has 0 aliphatic carbocycles. The maximum absolute atomic E-state index is 10.9. The van der Waals surface area contributed by atoms with Gasteiger partial charge >= 0.3 is 14.6 Å². The zero-order chi connectivity index (χ0) is 10.7. The maximum Gasteiger partial charge on any atom is 0.648 e. The number of rotatable bonds is 4. The number of imide groups is 1. The molecule has 0 spiro atoms. The molecule has 0 aromatic heterocycles. The van der Waals surface area contributed by atoms with E-state index in [-0.39, 0.29) is 12.8 Å². The molecule has 0 unspecified atom stereocenters. The molecule has 0 aromatic carbocycles. The lowest BCUT2D eigenvalue weighted by atomic mass is 10.1. The Labute approximate surface area is 79.3 Å². The standard InChI is InChI=1S/C4H7B2NO7/c8-3-1-2-4(9)7(3)14-6(12)13-5(10)11/h10-12H,1-2H2. The number of hydroxylamine groups is 2. The van der Waals surface area contributed by atoms with Crippen LogP contribution in [0.5, 0.6) is 0 Å². The van der Waals surface area contributed by atoms with Gasteiger partial charge in [-0.25, -0.2) is 0 Å². The first-order valence-corrected chi connectivity index (χ1v) is 3.73. The number of hydrogen-bond acceptors (Lipinski definition) is 7. The van der Waals surface area contributed by atoms with Gasteiger partial charge in [0, 0.05) is 12.8 Å². The van der Waals surface area contributed by atoms with Gasteiger partial charge in [0.2, 0.25) is 0 Å². The fourth-order valence-electron chi connectivity index (χ4n) is 0.893. The van der Waals surface area contributed by atoms with E-state index >= 15 is 0 Å². The Morgan fingerprint density at radius 2 is 1.64 bits per heavy atom. The van der Waals surface area contributed by atoms with Gasteiger partial charge in [-0.2, -0.15) is 5.06 Å². The molecule has 14 heavy (non-hydrogen) atoms. The van der Waals surface area contributed by atoms with Crippen molar-refractivity contribution in [2.75, 3.05) is 0 Å². The third-order valence-corrected chi connectivity index (χ3v) is 1.44. The van der Waals surface area contributed by atoms with E-state index in [0.717, 1.165) is 0 Å². The molecule has 8 nitrogen and oxygen atoms in total. The highest BCUT2D eigenvalue weighted by molar-refractivity contribution is 6.49. The Hall–Kier alpha value is -0.930. The number of carbonyl (C=O) groups is 2. The summed E-state index contributed by atoms with van der Waals surface area (Å²) in [5.41, 5.74) is 0. The number of carbonyl (C=O) groups excluding carboxylic acids is 2. The van der Waals surface area contributed by atoms with E-state index in [2.05, 4.69) is 9.33 Å². The average Bonchev–Trinajstić information content (AvgIpc) is 2.34. The average molecular weight is 203 g/mol. The molecule has 0 saturated carbocycles. The van der Waals surface area contributed by atoms with Crippen molar-refractivity contribution in [2.45, 2.75) is 12.8 Å². The third-order valence-electron chi connectivity index (χ3n) is 1.44. The minimum Gasteiger partial charge on any atom is -0.402 e. The Morgan fingerprint density at radius 3 is 2.07 bits per heavy atom. The molecule has 3 N–H and O–H groups in total. The monoisotopic (exact) mass is 203 g/mol. The van der Waals surface area contributed by atoms with Crippen LogP contribution in [-0.2, 0) is 18.9 Å². The van der Waals surface area contributed by atoms with Gasteiger partial charge in [0.15, 0.2) is 0 Å². The van der Waals surface area contributed by atoms with Crippen LogP contribution in [-0.4, -0.2) is 46.6 Å². The van der Waals surface area contributed by atoms with Crippen LogP contribution in [0.4, 0.5) is 0 Å². The first-order chi connectivity index (χ1) is 6.50. The second-order valence-corrected chi connectivity index (χ2v) is 2.46. The molecule has 0 bridgehead atoms. The van der Waals surface area contributed by atoms with Gasteiger partial charge in [0.05, 0.1) is 0 Å². The van der Waals surface area contributed by atoms with Crippen LogP contribution >= 0.6 is 0 Å². The lowest BCUT2D eigenvalue weighted by Gasteiger charge is -2.14. The zero-order valence-electron chi connectivity index (χ0n) is 6.99. The van der Waals surface area contributed by atoms with Crippen molar-refractivity contribution in [3.8, 4) is 0 Å². The van der Waals surface area contributed by atoms with Crippen molar-refractivity contribution in [3.05, 3.63) is 0 Å². The SMILES string of the molecule is O=C1CCC(=O)N1OB(O)OB(O)O. The maximum atomic E-state index is 10.9. The Bertz CT molecular complexity index is 230. The molecule has 1 saturated heterocycles. The summed E-state index contributed by atoms with van der Waals surface area (Å²) in [6.45, 7) is 0. The highest BCUT2D eigenvalue weighted by atomic mass is 16.8. The molecule has 10 heteroatoms. The molecule has 1 heterocycles. The van der Waals surface area contributed by atoms with Gasteiger partial charge in [0.25, 0.3) is 11.8 Å². The third kappa shape index (κ3) is 2.79. The van der Waals surface area contributed by atoms with Crippen molar-refractivity contribution in [3.63, 3.8) is 0 Å². The van der Waals surface area contributed by atoms with Crippen LogP contribution in [0.3, 0.4) is 0 Å². The molecule has 0 atom stereocenters. The van der Waals surface area contributed by atoms with Crippen LogP contribution < -0.4 is 0 Å². The summed E-state index contributed by atoms with van der Waals surface area (Å²) in [5, 5.41) is 25.6. The fraction of sp³-hybridized carbons (Fsp3) is 0.500. The molecule has 1 aliphatic heterocycles. The van der Waals surface area contributed by atoms with Crippen LogP contribution in [0.2, 0.25) is 0 Å². The predicted molar refractivity (Wildman–Crippen MR) is 41.4 cm³/mol. The van der Waals surface area contributed by atoms with Crippen LogP contribution in [0, 0.1) is 0 Å². The van der Waals surface area contributed by atoms with Gasteiger partial charge < -0.3 is 19.6 Å². The smallest absolute Gasteiger partial charge is 0.402 e. The summed E-state index contributed by atoms with van der Waals surface area (Å²) in [6.07, 6.45) is -0.0134. The summed E-state index contributed by atoms with van der Waals surface area (Å²) in [6, 6.07) is 0. The highest BCUT2D eigenvalue weighted by Gasteiger charge is 2.36. The van der Waals surface area contributed by atoms with Crippen molar-refractivity contribution in [2.24, 2.45) is 0 Å². The largest absolute Gasteiger partial charge is 0.648 e.